The third-order valence-corrected chi connectivity index (χ3v) is 4.07. The van der Waals surface area contributed by atoms with Gasteiger partial charge in [0.25, 0.3) is 0 Å². The molecule has 1 atom stereocenters. The SMILES string of the molecule is CCNC(=NCc1cccc(OCC)c1)NCC(O)c1ccc(OC(C)C)cc1. The molecule has 0 heterocycles. The molecule has 29 heavy (non-hydrogen) atoms. The maximum atomic E-state index is 10.5. The van der Waals surface area contributed by atoms with Crippen LogP contribution in [-0.4, -0.2) is 36.9 Å². The van der Waals surface area contributed by atoms with Crippen LogP contribution in [0.15, 0.2) is 53.5 Å². The molecule has 1 unspecified atom stereocenters. The normalized spacial score (nSPS) is 12.6. The summed E-state index contributed by atoms with van der Waals surface area (Å²) in [6.07, 6.45) is -0.520. The first kappa shape index (κ1) is 22.6. The summed E-state index contributed by atoms with van der Waals surface area (Å²) < 4.78 is 11.2. The van der Waals surface area contributed by atoms with E-state index in [4.69, 9.17) is 9.47 Å². The van der Waals surface area contributed by atoms with E-state index in [0.29, 0.717) is 25.7 Å². The van der Waals surface area contributed by atoms with Crippen LogP contribution in [-0.2, 0) is 6.54 Å². The number of aliphatic hydroxyl groups excluding tert-OH is 1. The van der Waals surface area contributed by atoms with Crippen LogP contribution in [0, 0.1) is 0 Å². The molecular formula is C23H33N3O3. The van der Waals surface area contributed by atoms with Crippen molar-refractivity contribution >= 4 is 5.96 Å². The summed E-state index contributed by atoms with van der Waals surface area (Å²) in [6.45, 7) is 10.2. The molecule has 2 aromatic rings. The average molecular weight is 400 g/mol. The topological polar surface area (TPSA) is 75.1 Å². The molecule has 0 saturated carbocycles. The number of aliphatic hydroxyl groups is 1. The van der Waals surface area contributed by atoms with Gasteiger partial charge in [0.15, 0.2) is 5.96 Å². The molecule has 0 aliphatic heterocycles. The lowest BCUT2D eigenvalue weighted by Crippen LogP contribution is -2.39. The Morgan fingerprint density at radius 3 is 2.45 bits per heavy atom. The molecule has 2 rings (SSSR count). The third-order valence-electron chi connectivity index (χ3n) is 4.07. The Morgan fingerprint density at radius 1 is 1.03 bits per heavy atom. The molecule has 0 fully saturated rings. The quantitative estimate of drug-likeness (QED) is 0.420. The zero-order valence-electron chi connectivity index (χ0n) is 17.8. The molecule has 0 radical (unpaired) electrons. The third kappa shape index (κ3) is 8.03. The molecule has 0 saturated heterocycles. The number of benzene rings is 2. The number of hydrogen-bond donors (Lipinski definition) is 3. The largest absolute Gasteiger partial charge is 0.494 e. The van der Waals surface area contributed by atoms with Crippen LogP contribution in [0.3, 0.4) is 0 Å². The van der Waals surface area contributed by atoms with Gasteiger partial charge in [-0.1, -0.05) is 24.3 Å². The highest BCUT2D eigenvalue weighted by atomic mass is 16.5. The number of ether oxygens (including phenoxy) is 2. The van der Waals surface area contributed by atoms with E-state index in [1.165, 1.54) is 0 Å². The molecule has 0 aromatic heterocycles. The first-order chi connectivity index (χ1) is 14.0. The summed E-state index contributed by atoms with van der Waals surface area (Å²) in [4.78, 5) is 4.61. The fourth-order valence-corrected chi connectivity index (χ4v) is 2.76. The number of guanidine groups is 1. The highest BCUT2D eigenvalue weighted by Gasteiger charge is 2.09. The van der Waals surface area contributed by atoms with Crippen molar-refractivity contribution in [2.45, 2.75) is 46.4 Å². The molecule has 3 N–H and O–H groups in total. The monoisotopic (exact) mass is 399 g/mol. The van der Waals surface area contributed by atoms with Crippen molar-refractivity contribution in [2.24, 2.45) is 4.99 Å². The van der Waals surface area contributed by atoms with Crippen molar-refractivity contribution < 1.29 is 14.6 Å². The molecule has 0 aliphatic carbocycles. The van der Waals surface area contributed by atoms with Gasteiger partial charge in [-0.25, -0.2) is 4.99 Å². The summed E-state index contributed by atoms with van der Waals surface area (Å²) in [5, 5.41) is 16.9. The predicted molar refractivity (Wildman–Crippen MR) is 118 cm³/mol. The van der Waals surface area contributed by atoms with Gasteiger partial charge in [-0.15, -0.1) is 0 Å². The van der Waals surface area contributed by atoms with Crippen molar-refractivity contribution in [3.05, 3.63) is 59.7 Å². The van der Waals surface area contributed by atoms with Crippen LogP contribution in [0.2, 0.25) is 0 Å². The summed E-state index contributed by atoms with van der Waals surface area (Å²) in [5.41, 5.74) is 1.89. The van der Waals surface area contributed by atoms with Gasteiger partial charge in [0, 0.05) is 13.1 Å². The number of nitrogens with zero attached hydrogens (tertiary/aromatic N) is 1. The molecule has 2 aromatic carbocycles. The summed E-state index contributed by atoms with van der Waals surface area (Å²) in [6, 6.07) is 15.4. The van der Waals surface area contributed by atoms with Crippen molar-refractivity contribution in [3.63, 3.8) is 0 Å². The Kier molecular flexibility index (Phi) is 9.31. The number of nitrogens with one attached hydrogen (secondary N) is 2. The summed E-state index contributed by atoms with van der Waals surface area (Å²) in [5.74, 6) is 2.31. The second-order valence-corrected chi connectivity index (χ2v) is 6.91. The molecule has 158 valence electrons. The lowest BCUT2D eigenvalue weighted by Gasteiger charge is -2.16. The first-order valence-electron chi connectivity index (χ1n) is 10.2. The van der Waals surface area contributed by atoms with E-state index < -0.39 is 6.10 Å². The highest BCUT2D eigenvalue weighted by molar-refractivity contribution is 5.79. The minimum Gasteiger partial charge on any atom is -0.494 e. The first-order valence-corrected chi connectivity index (χ1v) is 10.2. The van der Waals surface area contributed by atoms with E-state index in [-0.39, 0.29) is 6.10 Å². The average Bonchev–Trinajstić information content (AvgIpc) is 2.70. The minimum absolute atomic E-state index is 0.126. The Bertz CT molecular complexity index is 760. The van der Waals surface area contributed by atoms with Gasteiger partial charge in [0.1, 0.15) is 11.5 Å². The number of aliphatic imine (C=N–C) groups is 1. The zero-order chi connectivity index (χ0) is 21.1. The van der Waals surface area contributed by atoms with E-state index >= 15 is 0 Å². The maximum absolute atomic E-state index is 10.5. The molecule has 0 amide bonds. The molecule has 0 bridgehead atoms. The van der Waals surface area contributed by atoms with Crippen LogP contribution in [0.5, 0.6) is 11.5 Å². The minimum atomic E-state index is -0.645. The van der Waals surface area contributed by atoms with Gasteiger partial charge >= 0.3 is 0 Å². The van der Waals surface area contributed by atoms with Crippen molar-refractivity contribution in [2.75, 3.05) is 19.7 Å². The second-order valence-electron chi connectivity index (χ2n) is 6.91. The van der Waals surface area contributed by atoms with Gasteiger partial charge in [0.2, 0.25) is 0 Å². The van der Waals surface area contributed by atoms with Crippen LogP contribution < -0.4 is 20.1 Å². The van der Waals surface area contributed by atoms with Crippen LogP contribution >= 0.6 is 0 Å². The Balaban J connectivity index is 1.93. The van der Waals surface area contributed by atoms with E-state index in [1.807, 2.05) is 76.2 Å². The molecule has 6 nitrogen and oxygen atoms in total. The zero-order valence-corrected chi connectivity index (χ0v) is 17.8. The van der Waals surface area contributed by atoms with E-state index in [0.717, 1.165) is 29.2 Å². The maximum Gasteiger partial charge on any atom is 0.191 e. The molecular weight excluding hydrogens is 366 g/mol. The molecule has 0 aliphatic rings. The lowest BCUT2D eigenvalue weighted by molar-refractivity contribution is 0.180. The highest BCUT2D eigenvalue weighted by Crippen LogP contribution is 2.18. The fraction of sp³-hybridized carbons (Fsp3) is 0.435. The van der Waals surface area contributed by atoms with E-state index in [9.17, 15) is 5.11 Å². The van der Waals surface area contributed by atoms with Gasteiger partial charge < -0.3 is 25.2 Å². The van der Waals surface area contributed by atoms with Crippen molar-refractivity contribution in [1.82, 2.24) is 10.6 Å². The smallest absolute Gasteiger partial charge is 0.191 e. The Labute approximate surface area is 174 Å². The number of rotatable bonds is 10. The second kappa shape index (κ2) is 12.0. The van der Waals surface area contributed by atoms with Gasteiger partial charge in [-0.05, 0) is 63.1 Å². The van der Waals surface area contributed by atoms with Crippen molar-refractivity contribution in [1.29, 1.82) is 0 Å². The van der Waals surface area contributed by atoms with E-state index in [1.54, 1.807) is 0 Å². The van der Waals surface area contributed by atoms with Crippen molar-refractivity contribution in [3.8, 4) is 11.5 Å². The Hall–Kier alpha value is -2.73. The standard InChI is InChI=1S/C23H33N3O3/c1-5-24-23(25-15-18-8-7-9-21(14-18)28-6-2)26-16-22(27)19-10-12-20(13-11-19)29-17(3)4/h7-14,17,22,27H,5-6,15-16H2,1-4H3,(H2,24,25,26). The van der Waals surface area contributed by atoms with Gasteiger partial charge in [-0.3, -0.25) is 0 Å². The Morgan fingerprint density at radius 2 is 1.79 bits per heavy atom. The molecule has 6 heteroatoms. The van der Waals surface area contributed by atoms with Gasteiger partial charge in [-0.2, -0.15) is 0 Å². The van der Waals surface area contributed by atoms with Crippen LogP contribution in [0.25, 0.3) is 0 Å². The summed E-state index contributed by atoms with van der Waals surface area (Å²) in [7, 11) is 0. The van der Waals surface area contributed by atoms with Crippen LogP contribution in [0.1, 0.15) is 44.9 Å². The predicted octanol–water partition coefficient (Wildman–Crippen LogP) is 3.66. The fourth-order valence-electron chi connectivity index (χ4n) is 2.76. The lowest BCUT2D eigenvalue weighted by atomic mass is 10.1. The molecule has 0 spiro atoms. The number of hydrogen-bond acceptors (Lipinski definition) is 4. The van der Waals surface area contributed by atoms with E-state index in [2.05, 4.69) is 15.6 Å². The van der Waals surface area contributed by atoms with Crippen LogP contribution in [0.4, 0.5) is 0 Å². The van der Waals surface area contributed by atoms with Gasteiger partial charge in [0.05, 0.1) is 25.4 Å². The summed E-state index contributed by atoms with van der Waals surface area (Å²) >= 11 is 0.